The lowest BCUT2D eigenvalue weighted by Gasteiger charge is -2.30. The van der Waals surface area contributed by atoms with Gasteiger partial charge in [-0.2, -0.15) is 0 Å². The van der Waals surface area contributed by atoms with Crippen LogP contribution < -0.4 is 11.1 Å². The van der Waals surface area contributed by atoms with Crippen LogP contribution in [-0.4, -0.2) is 23.1 Å². The molecule has 19 heavy (non-hydrogen) atoms. The first-order valence-corrected chi connectivity index (χ1v) is 7.51. The van der Waals surface area contributed by atoms with Crippen LogP contribution in [-0.2, 0) is 6.42 Å². The highest BCUT2D eigenvalue weighted by molar-refractivity contribution is 5.36. The van der Waals surface area contributed by atoms with Gasteiger partial charge in [-0.05, 0) is 44.6 Å². The van der Waals surface area contributed by atoms with Crippen molar-refractivity contribution in [3.8, 4) is 0 Å². The molecule has 1 heterocycles. The van der Waals surface area contributed by atoms with E-state index in [9.17, 15) is 0 Å². The van der Waals surface area contributed by atoms with Crippen molar-refractivity contribution < 1.29 is 0 Å². The molecular formula is C15H26N4. The molecule has 2 atom stereocenters. The molecule has 4 heteroatoms. The summed E-state index contributed by atoms with van der Waals surface area (Å²) in [6, 6.07) is 2.06. The summed E-state index contributed by atoms with van der Waals surface area (Å²) in [5.41, 5.74) is 6.98. The van der Waals surface area contributed by atoms with Crippen LogP contribution in [0.1, 0.15) is 44.1 Å². The number of aryl methyl sites for hydroxylation is 2. The van der Waals surface area contributed by atoms with Crippen molar-refractivity contribution in [3.05, 3.63) is 17.6 Å². The summed E-state index contributed by atoms with van der Waals surface area (Å²) in [4.78, 5) is 8.87. The Morgan fingerprint density at radius 2 is 2.00 bits per heavy atom. The van der Waals surface area contributed by atoms with Crippen molar-refractivity contribution in [3.63, 3.8) is 0 Å². The van der Waals surface area contributed by atoms with Gasteiger partial charge in [-0.3, -0.25) is 0 Å². The van der Waals surface area contributed by atoms with Crippen molar-refractivity contribution in [2.45, 2.75) is 46.0 Å². The molecule has 0 radical (unpaired) electrons. The van der Waals surface area contributed by atoms with E-state index in [1.165, 1.54) is 25.7 Å². The fourth-order valence-electron chi connectivity index (χ4n) is 3.00. The number of anilines is 1. The number of rotatable bonds is 5. The lowest BCUT2D eigenvalue weighted by Crippen LogP contribution is -2.31. The Bertz CT molecular complexity index is 405. The molecule has 2 unspecified atom stereocenters. The summed E-state index contributed by atoms with van der Waals surface area (Å²) >= 11 is 0. The average molecular weight is 262 g/mol. The van der Waals surface area contributed by atoms with Crippen LogP contribution in [0.3, 0.4) is 0 Å². The summed E-state index contributed by atoms with van der Waals surface area (Å²) in [6.45, 7) is 5.88. The zero-order valence-corrected chi connectivity index (χ0v) is 12.2. The second-order valence-corrected chi connectivity index (χ2v) is 5.57. The van der Waals surface area contributed by atoms with Gasteiger partial charge in [0.15, 0.2) is 0 Å². The topological polar surface area (TPSA) is 63.8 Å². The van der Waals surface area contributed by atoms with Crippen LogP contribution in [0.2, 0.25) is 0 Å². The van der Waals surface area contributed by atoms with E-state index in [4.69, 9.17) is 5.73 Å². The van der Waals surface area contributed by atoms with E-state index < -0.39 is 0 Å². The van der Waals surface area contributed by atoms with Gasteiger partial charge in [-0.15, -0.1) is 0 Å². The summed E-state index contributed by atoms with van der Waals surface area (Å²) in [6.07, 6.45) is 6.20. The number of nitrogens with zero attached hydrogens (tertiary/aromatic N) is 2. The van der Waals surface area contributed by atoms with Gasteiger partial charge in [0.2, 0.25) is 0 Å². The molecule has 1 fully saturated rings. The molecule has 0 spiro atoms. The molecule has 1 aliphatic carbocycles. The standard InChI is InChI=1S/C15H26N4/c1-3-14-8-15(19-11(2)18-14)17-10-13-7-5-4-6-12(13)9-16/h8,12-13H,3-7,9-10,16H2,1-2H3,(H,17,18,19). The van der Waals surface area contributed by atoms with Crippen LogP contribution in [0.5, 0.6) is 0 Å². The first kappa shape index (κ1) is 14.3. The fourth-order valence-corrected chi connectivity index (χ4v) is 3.00. The van der Waals surface area contributed by atoms with Gasteiger partial charge in [0, 0.05) is 18.3 Å². The molecule has 4 nitrogen and oxygen atoms in total. The first-order chi connectivity index (χ1) is 9.22. The molecule has 0 saturated heterocycles. The Morgan fingerprint density at radius 3 is 2.68 bits per heavy atom. The number of hydrogen-bond donors (Lipinski definition) is 2. The minimum absolute atomic E-state index is 0.676. The molecule has 0 amide bonds. The molecule has 1 saturated carbocycles. The highest BCUT2D eigenvalue weighted by Gasteiger charge is 2.23. The molecule has 106 valence electrons. The molecule has 1 aliphatic rings. The van der Waals surface area contributed by atoms with Gasteiger partial charge < -0.3 is 11.1 Å². The van der Waals surface area contributed by atoms with E-state index in [1.807, 2.05) is 6.92 Å². The van der Waals surface area contributed by atoms with Crippen molar-refractivity contribution in [2.24, 2.45) is 17.6 Å². The maximum Gasteiger partial charge on any atom is 0.129 e. The van der Waals surface area contributed by atoms with Crippen LogP contribution >= 0.6 is 0 Å². The second-order valence-electron chi connectivity index (χ2n) is 5.57. The summed E-state index contributed by atoms with van der Waals surface area (Å²) < 4.78 is 0. The van der Waals surface area contributed by atoms with Crippen molar-refractivity contribution in [2.75, 3.05) is 18.4 Å². The van der Waals surface area contributed by atoms with Gasteiger partial charge in [-0.1, -0.05) is 19.8 Å². The van der Waals surface area contributed by atoms with Gasteiger partial charge >= 0.3 is 0 Å². The molecule has 0 bridgehead atoms. The third kappa shape index (κ3) is 3.90. The minimum atomic E-state index is 0.676. The zero-order chi connectivity index (χ0) is 13.7. The maximum absolute atomic E-state index is 5.88. The number of nitrogens with one attached hydrogen (secondary N) is 1. The fraction of sp³-hybridized carbons (Fsp3) is 0.733. The third-order valence-electron chi connectivity index (χ3n) is 4.17. The van der Waals surface area contributed by atoms with Gasteiger partial charge in [0.1, 0.15) is 11.6 Å². The lowest BCUT2D eigenvalue weighted by molar-refractivity contribution is 0.255. The van der Waals surface area contributed by atoms with E-state index in [2.05, 4.69) is 28.3 Å². The maximum atomic E-state index is 5.88. The third-order valence-corrected chi connectivity index (χ3v) is 4.17. The monoisotopic (exact) mass is 262 g/mol. The summed E-state index contributed by atoms with van der Waals surface area (Å²) in [5.74, 6) is 3.18. The van der Waals surface area contributed by atoms with Crippen molar-refractivity contribution >= 4 is 5.82 Å². The average Bonchev–Trinajstić information content (AvgIpc) is 2.44. The highest BCUT2D eigenvalue weighted by Crippen LogP contribution is 2.29. The SMILES string of the molecule is CCc1cc(NCC2CCCCC2CN)nc(C)n1. The van der Waals surface area contributed by atoms with E-state index >= 15 is 0 Å². The predicted octanol–water partition coefficient (Wildman–Crippen LogP) is 2.52. The lowest BCUT2D eigenvalue weighted by atomic mass is 9.79. The largest absolute Gasteiger partial charge is 0.370 e. The highest BCUT2D eigenvalue weighted by atomic mass is 15.0. The molecule has 0 aliphatic heterocycles. The summed E-state index contributed by atoms with van der Waals surface area (Å²) in [7, 11) is 0. The molecule has 1 aromatic heterocycles. The van der Waals surface area contributed by atoms with Crippen LogP contribution in [0, 0.1) is 18.8 Å². The molecule has 2 rings (SSSR count). The van der Waals surface area contributed by atoms with Crippen molar-refractivity contribution in [1.29, 1.82) is 0 Å². The van der Waals surface area contributed by atoms with Gasteiger partial charge in [0.05, 0.1) is 0 Å². The van der Waals surface area contributed by atoms with Gasteiger partial charge in [-0.25, -0.2) is 9.97 Å². The van der Waals surface area contributed by atoms with Crippen LogP contribution in [0.25, 0.3) is 0 Å². The molecular weight excluding hydrogens is 236 g/mol. The Balaban J connectivity index is 1.95. The van der Waals surface area contributed by atoms with E-state index in [1.54, 1.807) is 0 Å². The summed E-state index contributed by atoms with van der Waals surface area (Å²) in [5, 5.41) is 3.49. The second kappa shape index (κ2) is 6.85. The molecule has 3 N–H and O–H groups in total. The smallest absolute Gasteiger partial charge is 0.129 e. The number of nitrogens with two attached hydrogens (primary N) is 1. The Hall–Kier alpha value is -1.16. The zero-order valence-electron chi connectivity index (χ0n) is 12.2. The number of hydrogen-bond acceptors (Lipinski definition) is 4. The Morgan fingerprint density at radius 1 is 1.26 bits per heavy atom. The van der Waals surface area contributed by atoms with E-state index in [0.29, 0.717) is 11.8 Å². The van der Waals surface area contributed by atoms with Crippen molar-refractivity contribution in [1.82, 2.24) is 9.97 Å². The molecule has 1 aromatic rings. The number of aromatic nitrogens is 2. The Kier molecular flexibility index (Phi) is 5.14. The van der Waals surface area contributed by atoms with Crippen LogP contribution in [0.15, 0.2) is 6.07 Å². The first-order valence-electron chi connectivity index (χ1n) is 7.51. The van der Waals surface area contributed by atoms with Crippen LogP contribution in [0.4, 0.5) is 5.82 Å². The molecule has 0 aromatic carbocycles. The van der Waals surface area contributed by atoms with E-state index in [0.717, 1.165) is 36.8 Å². The quantitative estimate of drug-likeness (QED) is 0.856. The van der Waals surface area contributed by atoms with Gasteiger partial charge in [0.25, 0.3) is 0 Å². The Labute approximate surface area is 116 Å². The minimum Gasteiger partial charge on any atom is -0.370 e. The predicted molar refractivity (Wildman–Crippen MR) is 79.1 cm³/mol. The van der Waals surface area contributed by atoms with E-state index in [-0.39, 0.29) is 0 Å². The normalized spacial score (nSPS) is 23.3.